The SMILES string of the molecule is CC(C)OCCS(=O)(=O)NCCCNC1CC1. The van der Waals surface area contributed by atoms with Crippen molar-refractivity contribution in [1.82, 2.24) is 10.0 Å². The lowest BCUT2D eigenvalue weighted by atomic mass is 10.4. The van der Waals surface area contributed by atoms with Crippen molar-refractivity contribution < 1.29 is 13.2 Å². The molecule has 0 aliphatic heterocycles. The van der Waals surface area contributed by atoms with Gasteiger partial charge in [0, 0.05) is 12.6 Å². The third-order valence-electron chi connectivity index (χ3n) is 2.49. The fraction of sp³-hybridized carbons (Fsp3) is 1.00. The van der Waals surface area contributed by atoms with Crippen LogP contribution < -0.4 is 10.0 Å². The second kappa shape index (κ2) is 7.31. The first-order chi connectivity index (χ1) is 7.99. The summed E-state index contributed by atoms with van der Waals surface area (Å²) < 4.78 is 30.8. The summed E-state index contributed by atoms with van der Waals surface area (Å²) >= 11 is 0. The molecule has 1 aliphatic rings. The van der Waals surface area contributed by atoms with E-state index < -0.39 is 10.0 Å². The van der Waals surface area contributed by atoms with Gasteiger partial charge in [0.2, 0.25) is 10.0 Å². The molecule has 0 aromatic heterocycles. The average Bonchev–Trinajstić information content (AvgIpc) is 3.00. The minimum Gasteiger partial charge on any atom is -0.378 e. The van der Waals surface area contributed by atoms with Gasteiger partial charge in [0.05, 0.1) is 18.5 Å². The highest BCUT2D eigenvalue weighted by Crippen LogP contribution is 2.18. The Morgan fingerprint density at radius 3 is 2.59 bits per heavy atom. The van der Waals surface area contributed by atoms with Crippen molar-refractivity contribution >= 4 is 10.0 Å². The predicted molar refractivity (Wildman–Crippen MR) is 68.5 cm³/mol. The zero-order valence-electron chi connectivity index (χ0n) is 10.7. The lowest BCUT2D eigenvalue weighted by Crippen LogP contribution is -2.31. The van der Waals surface area contributed by atoms with Gasteiger partial charge < -0.3 is 10.1 Å². The van der Waals surface area contributed by atoms with Crippen molar-refractivity contribution in [2.45, 2.75) is 45.3 Å². The maximum Gasteiger partial charge on any atom is 0.213 e. The number of hydrogen-bond acceptors (Lipinski definition) is 4. The minimum absolute atomic E-state index is 0.0429. The van der Waals surface area contributed by atoms with E-state index in [2.05, 4.69) is 10.0 Å². The molecule has 2 N–H and O–H groups in total. The van der Waals surface area contributed by atoms with E-state index in [0.717, 1.165) is 13.0 Å². The van der Waals surface area contributed by atoms with Crippen LogP contribution in [0.5, 0.6) is 0 Å². The van der Waals surface area contributed by atoms with Gasteiger partial charge in [0.25, 0.3) is 0 Å². The van der Waals surface area contributed by atoms with Gasteiger partial charge >= 0.3 is 0 Å². The van der Waals surface area contributed by atoms with Crippen molar-refractivity contribution in [3.63, 3.8) is 0 Å². The molecule has 0 unspecified atom stereocenters. The smallest absolute Gasteiger partial charge is 0.213 e. The van der Waals surface area contributed by atoms with E-state index in [0.29, 0.717) is 12.6 Å². The highest BCUT2D eigenvalue weighted by Gasteiger charge is 2.19. The first kappa shape index (κ1) is 14.9. The third kappa shape index (κ3) is 8.54. The standard InChI is InChI=1S/C11H24N2O3S/c1-10(2)16-8-9-17(14,15)13-7-3-6-12-11-4-5-11/h10-13H,3-9H2,1-2H3. The third-order valence-corrected chi connectivity index (χ3v) is 3.84. The number of sulfonamides is 1. The van der Waals surface area contributed by atoms with Crippen LogP contribution in [0.15, 0.2) is 0 Å². The summed E-state index contributed by atoms with van der Waals surface area (Å²) in [6, 6.07) is 0.686. The average molecular weight is 264 g/mol. The molecule has 0 aromatic rings. The molecule has 0 aromatic carbocycles. The topological polar surface area (TPSA) is 67.4 Å². The zero-order chi connectivity index (χ0) is 12.7. The maximum atomic E-state index is 11.5. The van der Waals surface area contributed by atoms with Gasteiger partial charge in [0.1, 0.15) is 0 Å². The molecule has 0 atom stereocenters. The Balaban J connectivity index is 1.98. The Bertz CT molecular complexity index is 300. The van der Waals surface area contributed by atoms with Crippen molar-refractivity contribution in [3.05, 3.63) is 0 Å². The fourth-order valence-corrected chi connectivity index (χ4v) is 2.29. The minimum atomic E-state index is -3.17. The first-order valence-corrected chi connectivity index (χ1v) is 7.97. The molecule has 0 spiro atoms. The second-order valence-corrected chi connectivity index (χ2v) is 6.64. The van der Waals surface area contributed by atoms with Crippen LogP contribution in [0, 0.1) is 0 Å². The molecule has 17 heavy (non-hydrogen) atoms. The Morgan fingerprint density at radius 2 is 2.00 bits per heavy atom. The van der Waals surface area contributed by atoms with E-state index >= 15 is 0 Å². The molecule has 0 radical (unpaired) electrons. The fourth-order valence-electron chi connectivity index (χ4n) is 1.38. The van der Waals surface area contributed by atoms with Gasteiger partial charge in [-0.2, -0.15) is 0 Å². The van der Waals surface area contributed by atoms with E-state index in [9.17, 15) is 8.42 Å². The summed E-state index contributed by atoms with van der Waals surface area (Å²) in [6.07, 6.45) is 3.44. The number of nitrogens with one attached hydrogen (secondary N) is 2. The summed E-state index contributed by atoms with van der Waals surface area (Å²) in [4.78, 5) is 0. The zero-order valence-corrected chi connectivity index (χ0v) is 11.6. The molecular weight excluding hydrogens is 240 g/mol. The van der Waals surface area contributed by atoms with E-state index in [1.165, 1.54) is 12.8 Å². The molecular formula is C11H24N2O3S. The van der Waals surface area contributed by atoms with Gasteiger partial charge in [-0.25, -0.2) is 13.1 Å². The van der Waals surface area contributed by atoms with Gasteiger partial charge in [0.15, 0.2) is 0 Å². The summed E-state index contributed by atoms with van der Waals surface area (Å²) in [5.41, 5.74) is 0. The van der Waals surface area contributed by atoms with Gasteiger partial charge in [-0.15, -0.1) is 0 Å². The largest absolute Gasteiger partial charge is 0.378 e. The summed E-state index contributed by atoms with van der Waals surface area (Å²) in [6.45, 7) is 5.43. The van der Waals surface area contributed by atoms with Crippen molar-refractivity contribution in [2.75, 3.05) is 25.4 Å². The van der Waals surface area contributed by atoms with Crippen LogP contribution in [-0.2, 0) is 14.8 Å². The molecule has 0 amide bonds. The van der Waals surface area contributed by atoms with Crippen molar-refractivity contribution in [3.8, 4) is 0 Å². The molecule has 1 fully saturated rings. The van der Waals surface area contributed by atoms with E-state index in [1.54, 1.807) is 0 Å². The van der Waals surface area contributed by atoms with Crippen LogP contribution in [0.1, 0.15) is 33.1 Å². The molecule has 0 bridgehead atoms. The maximum absolute atomic E-state index is 11.5. The normalized spacial score (nSPS) is 16.6. The van der Waals surface area contributed by atoms with E-state index in [-0.39, 0.29) is 18.5 Å². The van der Waals surface area contributed by atoms with Gasteiger partial charge in [-0.05, 0) is 39.7 Å². The lowest BCUT2D eigenvalue weighted by molar-refractivity contribution is 0.0911. The molecule has 6 heteroatoms. The van der Waals surface area contributed by atoms with Crippen LogP contribution in [0.25, 0.3) is 0 Å². The molecule has 1 aliphatic carbocycles. The molecule has 1 saturated carbocycles. The van der Waals surface area contributed by atoms with Crippen LogP contribution in [0.4, 0.5) is 0 Å². The van der Waals surface area contributed by atoms with Crippen LogP contribution in [-0.4, -0.2) is 46.0 Å². The highest BCUT2D eigenvalue weighted by molar-refractivity contribution is 7.89. The highest BCUT2D eigenvalue weighted by atomic mass is 32.2. The second-order valence-electron chi connectivity index (χ2n) is 4.71. The van der Waals surface area contributed by atoms with Crippen LogP contribution >= 0.6 is 0 Å². The lowest BCUT2D eigenvalue weighted by Gasteiger charge is -2.09. The summed E-state index contributed by atoms with van der Waals surface area (Å²) in [5.74, 6) is 0.0429. The van der Waals surface area contributed by atoms with Crippen LogP contribution in [0.3, 0.4) is 0 Å². The van der Waals surface area contributed by atoms with Crippen molar-refractivity contribution in [1.29, 1.82) is 0 Å². The van der Waals surface area contributed by atoms with Crippen molar-refractivity contribution in [2.24, 2.45) is 0 Å². The first-order valence-electron chi connectivity index (χ1n) is 6.32. The molecule has 102 valence electrons. The summed E-state index contributed by atoms with van der Waals surface area (Å²) in [5, 5.41) is 3.34. The van der Waals surface area contributed by atoms with E-state index in [1.807, 2.05) is 13.8 Å². The monoisotopic (exact) mass is 264 g/mol. The number of hydrogen-bond donors (Lipinski definition) is 2. The van der Waals surface area contributed by atoms with E-state index in [4.69, 9.17) is 4.74 Å². The molecule has 0 saturated heterocycles. The molecule has 0 heterocycles. The summed E-state index contributed by atoms with van der Waals surface area (Å²) in [7, 11) is -3.17. The van der Waals surface area contributed by atoms with Gasteiger partial charge in [-0.3, -0.25) is 0 Å². The number of ether oxygens (including phenoxy) is 1. The Labute approximate surface area is 104 Å². The Hall–Kier alpha value is -0.170. The predicted octanol–water partition coefficient (Wildman–Crippen LogP) is 0.473. The van der Waals surface area contributed by atoms with Crippen LogP contribution in [0.2, 0.25) is 0 Å². The molecule has 5 nitrogen and oxygen atoms in total. The quantitative estimate of drug-likeness (QED) is 0.563. The number of rotatable bonds is 10. The van der Waals surface area contributed by atoms with Gasteiger partial charge in [-0.1, -0.05) is 0 Å². The Morgan fingerprint density at radius 1 is 1.29 bits per heavy atom. The Kier molecular flexibility index (Phi) is 6.40. The molecule has 1 rings (SSSR count).